The van der Waals surface area contributed by atoms with Crippen LogP contribution in [0, 0.1) is 0 Å². The van der Waals surface area contributed by atoms with Gasteiger partial charge in [-0.25, -0.2) is 13.4 Å². The smallest absolute Gasteiger partial charge is 0.245 e. The average molecular weight is 308 g/mol. The van der Waals surface area contributed by atoms with E-state index in [4.69, 9.17) is 22.1 Å². The van der Waals surface area contributed by atoms with Crippen molar-refractivity contribution in [3.05, 3.63) is 17.3 Å². The summed E-state index contributed by atoms with van der Waals surface area (Å²) in [7, 11) is -3.77. The van der Waals surface area contributed by atoms with Crippen LogP contribution in [0.2, 0.25) is 5.02 Å². The number of anilines is 1. The molecule has 106 valence electrons. The van der Waals surface area contributed by atoms with Crippen molar-refractivity contribution in [1.29, 1.82) is 0 Å². The quantitative estimate of drug-likeness (QED) is 0.794. The molecule has 9 heteroatoms. The lowest BCUT2D eigenvalue weighted by molar-refractivity contribution is 0.0109. The standard InChI is InChI=1S/C10H14ClN3O4S/c11-9-3-8(4-13-10(9)12)19(16,17)14-1-2-18-6-7(14)5-15/h3-4,7,15H,1-2,5-6H2,(H2,12,13). The Balaban J connectivity index is 2.37. The first-order chi connectivity index (χ1) is 8.96. The van der Waals surface area contributed by atoms with Crippen LogP contribution in [0.1, 0.15) is 0 Å². The number of nitrogens with two attached hydrogens (primary N) is 1. The monoisotopic (exact) mass is 307 g/mol. The fourth-order valence-electron chi connectivity index (χ4n) is 1.81. The molecule has 1 fully saturated rings. The number of pyridine rings is 1. The lowest BCUT2D eigenvalue weighted by Gasteiger charge is -2.33. The van der Waals surface area contributed by atoms with Gasteiger partial charge < -0.3 is 15.6 Å². The van der Waals surface area contributed by atoms with Crippen LogP contribution in [0.25, 0.3) is 0 Å². The molecule has 2 heterocycles. The Labute approximate surface area is 116 Å². The number of ether oxygens (including phenoxy) is 1. The van der Waals surface area contributed by atoms with Crippen LogP contribution in [0.15, 0.2) is 17.2 Å². The number of morpholine rings is 1. The molecule has 7 nitrogen and oxygen atoms in total. The molecule has 3 N–H and O–H groups in total. The lowest BCUT2D eigenvalue weighted by atomic mass is 10.3. The highest BCUT2D eigenvalue weighted by Gasteiger charge is 2.34. The normalized spacial score (nSPS) is 21.5. The number of aliphatic hydroxyl groups excluding tert-OH is 1. The van der Waals surface area contributed by atoms with Crippen molar-refractivity contribution < 1.29 is 18.3 Å². The van der Waals surface area contributed by atoms with Crippen molar-refractivity contribution in [3.63, 3.8) is 0 Å². The molecule has 0 aromatic carbocycles. The van der Waals surface area contributed by atoms with Gasteiger partial charge in [-0.1, -0.05) is 11.6 Å². The van der Waals surface area contributed by atoms with Gasteiger partial charge in [0.15, 0.2) is 0 Å². The van der Waals surface area contributed by atoms with Gasteiger partial charge in [0.05, 0.1) is 30.9 Å². The third-order valence-electron chi connectivity index (χ3n) is 2.84. The molecule has 1 atom stereocenters. The first kappa shape index (κ1) is 14.5. The molecule has 0 spiro atoms. The maximum atomic E-state index is 12.4. The van der Waals surface area contributed by atoms with Crippen molar-refractivity contribution in [2.24, 2.45) is 0 Å². The highest BCUT2D eigenvalue weighted by molar-refractivity contribution is 7.89. The third-order valence-corrected chi connectivity index (χ3v) is 5.06. The second-order valence-corrected chi connectivity index (χ2v) is 6.36. The predicted octanol–water partition coefficient (Wildman–Crippen LogP) is -0.301. The summed E-state index contributed by atoms with van der Waals surface area (Å²) >= 11 is 5.78. The molecular weight excluding hydrogens is 294 g/mol. The predicted molar refractivity (Wildman–Crippen MR) is 69.2 cm³/mol. The maximum Gasteiger partial charge on any atom is 0.245 e. The molecule has 1 aromatic heterocycles. The number of hydrogen-bond donors (Lipinski definition) is 2. The molecule has 0 bridgehead atoms. The van der Waals surface area contributed by atoms with E-state index in [-0.39, 0.29) is 42.1 Å². The van der Waals surface area contributed by atoms with Crippen LogP contribution in [0.4, 0.5) is 5.82 Å². The van der Waals surface area contributed by atoms with E-state index in [1.54, 1.807) is 0 Å². The number of aromatic nitrogens is 1. The highest BCUT2D eigenvalue weighted by atomic mass is 35.5. The van der Waals surface area contributed by atoms with Gasteiger partial charge in [0.1, 0.15) is 10.7 Å². The minimum absolute atomic E-state index is 0.0490. The summed E-state index contributed by atoms with van der Waals surface area (Å²) in [4.78, 5) is 3.69. The van der Waals surface area contributed by atoms with Crippen LogP contribution in [-0.4, -0.2) is 55.2 Å². The number of aliphatic hydroxyl groups is 1. The van der Waals surface area contributed by atoms with E-state index >= 15 is 0 Å². The molecule has 1 aliphatic heterocycles. The molecule has 2 rings (SSSR count). The largest absolute Gasteiger partial charge is 0.395 e. The maximum absolute atomic E-state index is 12.4. The summed E-state index contributed by atoms with van der Waals surface area (Å²) in [6.07, 6.45) is 1.15. The number of halogens is 1. The SMILES string of the molecule is Nc1ncc(S(=O)(=O)N2CCOCC2CO)cc1Cl. The van der Waals surface area contributed by atoms with Crippen LogP contribution in [0.5, 0.6) is 0 Å². The molecule has 1 unspecified atom stereocenters. The zero-order valence-electron chi connectivity index (χ0n) is 9.99. The molecular formula is C10H14ClN3O4S. The van der Waals surface area contributed by atoms with Crippen molar-refractivity contribution in [1.82, 2.24) is 9.29 Å². The molecule has 0 aliphatic carbocycles. The summed E-state index contributed by atoms with van der Waals surface area (Å²) in [6.45, 7) is 0.308. The summed E-state index contributed by atoms with van der Waals surface area (Å²) in [5.74, 6) is 0.0707. The van der Waals surface area contributed by atoms with E-state index in [2.05, 4.69) is 4.98 Å². The Morgan fingerprint density at radius 3 is 3.00 bits per heavy atom. The minimum Gasteiger partial charge on any atom is -0.395 e. The van der Waals surface area contributed by atoms with Crippen LogP contribution in [-0.2, 0) is 14.8 Å². The topological polar surface area (TPSA) is 106 Å². The molecule has 1 aromatic rings. The molecule has 0 amide bonds. The zero-order valence-corrected chi connectivity index (χ0v) is 11.6. The van der Waals surface area contributed by atoms with E-state index in [1.165, 1.54) is 10.4 Å². The van der Waals surface area contributed by atoms with Crippen molar-refractivity contribution in [3.8, 4) is 0 Å². The Kier molecular flexibility index (Phi) is 4.26. The second kappa shape index (κ2) is 5.59. The summed E-state index contributed by atoms with van der Waals surface area (Å²) in [6, 6.07) is 0.651. The van der Waals surface area contributed by atoms with Gasteiger partial charge >= 0.3 is 0 Å². The summed E-state index contributed by atoms with van der Waals surface area (Å²) in [5.41, 5.74) is 5.45. The number of nitrogens with zero attached hydrogens (tertiary/aromatic N) is 2. The molecule has 19 heavy (non-hydrogen) atoms. The first-order valence-corrected chi connectivity index (χ1v) is 7.40. The summed E-state index contributed by atoms with van der Waals surface area (Å²) in [5, 5.41) is 9.30. The Morgan fingerprint density at radius 1 is 1.63 bits per heavy atom. The average Bonchev–Trinajstić information content (AvgIpc) is 2.41. The number of sulfonamides is 1. The lowest BCUT2D eigenvalue weighted by Crippen LogP contribution is -2.50. The Hall–Kier alpha value is -0.930. The molecule has 0 radical (unpaired) electrons. The zero-order chi connectivity index (χ0) is 14.0. The first-order valence-electron chi connectivity index (χ1n) is 5.58. The fraction of sp³-hybridized carbons (Fsp3) is 0.500. The van der Waals surface area contributed by atoms with E-state index in [9.17, 15) is 13.5 Å². The van der Waals surface area contributed by atoms with E-state index in [0.717, 1.165) is 6.20 Å². The van der Waals surface area contributed by atoms with Gasteiger partial charge in [-0.15, -0.1) is 0 Å². The van der Waals surface area contributed by atoms with Crippen LogP contribution >= 0.6 is 11.6 Å². The molecule has 0 saturated carbocycles. The van der Waals surface area contributed by atoms with Gasteiger partial charge in [-0.3, -0.25) is 0 Å². The Morgan fingerprint density at radius 2 is 2.37 bits per heavy atom. The van der Waals surface area contributed by atoms with Crippen LogP contribution < -0.4 is 5.73 Å². The van der Waals surface area contributed by atoms with Crippen molar-refractivity contribution in [2.45, 2.75) is 10.9 Å². The van der Waals surface area contributed by atoms with E-state index in [0.29, 0.717) is 0 Å². The van der Waals surface area contributed by atoms with Crippen molar-refractivity contribution in [2.75, 3.05) is 32.1 Å². The van der Waals surface area contributed by atoms with Gasteiger partial charge in [-0.05, 0) is 6.07 Å². The van der Waals surface area contributed by atoms with Gasteiger partial charge in [0.2, 0.25) is 10.0 Å². The molecule has 1 saturated heterocycles. The number of hydrogen-bond acceptors (Lipinski definition) is 6. The van der Waals surface area contributed by atoms with Crippen molar-refractivity contribution >= 4 is 27.4 Å². The summed E-state index contributed by atoms with van der Waals surface area (Å²) < 4.78 is 31.2. The Bertz CT molecular complexity index is 566. The highest BCUT2D eigenvalue weighted by Crippen LogP contribution is 2.24. The van der Waals surface area contributed by atoms with Crippen LogP contribution in [0.3, 0.4) is 0 Å². The van der Waals surface area contributed by atoms with Gasteiger partial charge in [0.25, 0.3) is 0 Å². The number of rotatable bonds is 3. The van der Waals surface area contributed by atoms with Gasteiger partial charge in [0, 0.05) is 12.7 Å². The third kappa shape index (κ3) is 2.82. The van der Waals surface area contributed by atoms with E-state index < -0.39 is 16.1 Å². The van der Waals surface area contributed by atoms with Gasteiger partial charge in [-0.2, -0.15) is 4.31 Å². The fourth-order valence-corrected chi connectivity index (χ4v) is 3.60. The molecule has 1 aliphatic rings. The second-order valence-electron chi connectivity index (χ2n) is 4.07. The number of nitrogen functional groups attached to an aromatic ring is 1. The van der Waals surface area contributed by atoms with E-state index in [1.807, 2.05) is 0 Å². The minimum atomic E-state index is -3.77.